The molecule has 3 rings (SSSR count). The van der Waals surface area contributed by atoms with Crippen LogP contribution in [0.25, 0.3) is 0 Å². The SMILES string of the molecule is O=C(O)CNC(=O)CN1C(=O)C2C3C=CC(C3)C2C1=O. The van der Waals surface area contributed by atoms with E-state index in [0.717, 1.165) is 11.3 Å². The molecule has 20 heavy (non-hydrogen) atoms. The van der Waals surface area contributed by atoms with Crippen molar-refractivity contribution in [2.75, 3.05) is 13.1 Å². The number of allylic oxidation sites excluding steroid dienone is 2. The number of nitrogens with zero attached hydrogens (tertiary/aromatic N) is 1. The minimum absolute atomic E-state index is 0.105. The number of rotatable bonds is 4. The monoisotopic (exact) mass is 278 g/mol. The fourth-order valence-corrected chi connectivity index (χ4v) is 3.49. The van der Waals surface area contributed by atoms with Crippen LogP contribution in [0.3, 0.4) is 0 Å². The van der Waals surface area contributed by atoms with Crippen molar-refractivity contribution in [3.05, 3.63) is 12.2 Å². The van der Waals surface area contributed by atoms with E-state index in [1.807, 2.05) is 12.2 Å². The first kappa shape index (κ1) is 12.8. The second-order valence-electron chi connectivity index (χ2n) is 5.43. The highest BCUT2D eigenvalue weighted by atomic mass is 16.4. The van der Waals surface area contributed by atoms with Gasteiger partial charge in [-0.15, -0.1) is 0 Å². The Morgan fingerprint density at radius 1 is 1.20 bits per heavy atom. The van der Waals surface area contributed by atoms with Crippen LogP contribution in [-0.4, -0.2) is 46.8 Å². The zero-order valence-electron chi connectivity index (χ0n) is 10.6. The molecule has 0 aromatic heterocycles. The molecule has 1 heterocycles. The lowest BCUT2D eigenvalue weighted by Gasteiger charge is -2.16. The van der Waals surface area contributed by atoms with Gasteiger partial charge in [-0.2, -0.15) is 0 Å². The second-order valence-corrected chi connectivity index (χ2v) is 5.43. The van der Waals surface area contributed by atoms with Gasteiger partial charge in [0.1, 0.15) is 13.1 Å². The molecule has 0 spiro atoms. The van der Waals surface area contributed by atoms with Crippen LogP contribution in [0.1, 0.15) is 6.42 Å². The van der Waals surface area contributed by atoms with Gasteiger partial charge in [-0.1, -0.05) is 12.2 Å². The molecule has 2 fully saturated rings. The number of amides is 3. The summed E-state index contributed by atoms with van der Waals surface area (Å²) in [6.45, 7) is -0.911. The third kappa shape index (κ3) is 1.81. The Morgan fingerprint density at radius 2 is 1.75 bits per heavy atom. The number of hydrogen-bond donors (Lipinski definition) is 2. The number of carboxylic acid groups (broad SMARTS) is 1. The molecule has 1 saturated heterocycles. The number of aliphatic carboxylic acids is 1. The largest absolute Gasteiger partial charge is 0.480 e. The third-order valence-electron chi connectivity index (χ3n) is 4.30. The van der Waals surface area contributed by atoms with Gasteiger partial charge in [0.2, 0.25) is 17.7 Å². The summed E-state index contributed by atoms with van der Waals surface area (Å²) in [5.41, 5.74) is 0. The van der Waals surface area contributed by atoms with E-state index >= 15 is 0 Å². The van der Waals surface area contributed by atoms with Crippen LogP contribution >= 0.6 is 0 Å². The molecule has 1 aliphatic heterocycles. The number of carboxylic acids is 1. The molecule has 2 aliphatic carbocycles. The van der Waals surface area contributed by atoms with Crippen LogP contribution in [-0.2, 0) is 19.2 Å². The fraction of sp³-hybridized carbons (Fsp3) is 0.538. The summed E-state index contributed by atoms with van der Waals surface area (Å²) < 4.78 is 0. The number of imide groups is 1. The molecule has 3 aliphatic rings. The van der Waals surface area contributed by atoms with E-state index in [1.54, 1.807) is 0 Å². The molecule has 4 atom stereocenters. The van der Waals surface area contributed by atoms with Gasteiger partial charge >= 0.3 is 5.97 Å². The highest BCUT2D eigenvalue weighted by Gasteiger charge is 2.59. The summed E-state index contributed by atoms with van der Waals surface area (Å²) >= 11 is 0. The third-order valence-corrected chi connectivity index (χ3v) is 4.30. The van der Waals surface area contributed by atoms with Gasteiger partial charge in [0, 0.05) is 0 Å². The van der Waals surface area contributed by atoms with E-state index in [2.05, 4.69) is 5.32 Å². The number of likely N-dealkylation sites (tertiary alicyclic amines) is 1. The summed E-state index contributed by atoms with van der Waals surface area (Å²) in [6.07, 6.45) is 4.79. The minimum Gasteiger partial charge on any atom is -0.480 e. The average molecular weight is 278 g/mol. The van der Waals surface area contributed by atoms with Crippen LogP contribution < -0.4 is 5.32 Å². The molecule has 2 bridgehead atoms. The normalized spacial score (nSPS) is 33.7. The van der Waals surface area contributed by atoms with Gasteiger partial charge in [0.15, 0.2) is 0 Å². The molecular weight excluding hydrogens is 264 g/mol. The quantitative estimate of drug-likeness (QED) is 0.507. The molecule has 0 aromatic carbocycles. The first-order valence-corrected chi connectivity index (χ1v) is 6.51. The van der Waals surface area contributed by atoms with Gasteiger partial charge in [-0.25, -0.2) is 0 Å². The van der Waals surface area contributed by atoms with Crippen molar-refractivity contribution in [3.63, 3.8) is 0 Å². The predicted molar refractivity (Wildman–Crippen MR) is 65.1 cm³/mol. The standard InChI is InChI=1S/C13H14N2O5/c16-8(14-4-9(17)18)5-15-12(19)10-6-1-2-7(3-6)11(10)13(15)20/h1-2,6-7,10-11H,3-5H2,(H,14,16)(H,17,18). The lowest BCUT2D eigenvalue weighted by Crippen LogP contribution is -2.43. The zero-order chi connectivity index (χ0) is 14.4. The summed E-state index contributed by atoms with van der Waals surface area (Å²) in [4.78, 5) is 47.4. The van der Waals surface area contributed by atoms with E-state index in [0.29, 0.717) is 0 Å². The maximum Gasteiger partial charge on any atom is 0.322 e. The molecule has 3 amide bonds. The van der Waals surface area contributed by atoms with E-state index in [4.69, 9.17) is 5.11 Å². The van der Waals surface area contributed by atoms with Gasteiger partial charge < -0.3 is 10.4 Å². The maximum absolute atomic E-state index is 12.2. The minimum atomic E-state index is -1.17. The summed E-state index contributed by atoms with van der Waals surface area (Å²) in [5.74, 6) is -2.85. The Bertz CT molecular complexity index is 511. The number of nitrogens with one attached hydrogen (secondary N) is 1. The van der Waals surface area contributed by atoms with Crippen molar-refractivity contribution in [3.8, 4) is 0 Å². The van der Waals surface area contributed by atoms with Crippen LogP contribution in [0, 0.1) is 23.7 Å². The van der Waals surface area contributed by atoms with Gasteiger partial charge in [-0.3, -0.25) is 24.1 Å². The number of fused-ring (bicyclic) bond motifs is 5. The summed E-state index contributed by atoms with van der Waals surface area (Å²) in [7, 11) is 0. The summed E-state index contributed by atoms with van der Waals surface area (Å²) in [6, 6.07) is 0. The van der Waals surface area contributed by atoms with E-state index in [-0.39, 0.29) is 35.5 Å². The van der Waals surface area contributed by atoms with Crippen LogP contribution in [0.2, 0.25) is 0 Å². The molecule has 0 aromatic rings. The van der Waals surface area contributed by atoms with E-state index < -0.39 is 25.0 Å². The van der Waals surface area contributed by atoms with Crippen LogP contribution in [0.15, 0.2) is 12.2 Å². The van der Waals surface area contributed by atoms with E-state index in [1.165, 1.54) is 0 Å². The van der Waals surface area contributed by atoms with Crippen LogP contribution in [0.5, 0.6) is 0 Å². The first-order valence-electron chi connectivity index (χ1n) is 6.51. The first-order chi connectivity index (χ1) is 9.49. The Kier molecular flexibility index (Phi) is 2.84. The molecule has 7 heteroatoms. The smallest absolute Gasteiger partial charge is 0.322 e. The predicted octanol–water partition coefficient (Wildman–Crippen LogP) is -1.01. The Labute approximate surface area is 114 Å². The zero-order valence-corrected chi connectivity index (χ0v) is 10.6. The number of carbonyl (C=O) groups excluding carboxylic acids is 3. The van der Waals surface area contributed by atoms with Crippen LogP contribution in [0.4, 0.5) is 0 Å². The lowest BCUT2D eigenvalue weighted by atomic mass is 9.85. The van der Waals surface area contributed by atoms with Gasteiger partial charge in [0.25, 0.3) is 0 Å². The molecular formula is C13H14N2O5. The van der Waals surface area contributed by atoms with Crippen molar-refractivity contribution in [1.29, 1.82) is 0 Å². The van der Waals surface area contributed by atoms with Gasteiger partial charge in [0.05, 0.1) is 11.8 Å². The maximum atomic E-state index is 12.2. The topological polar surface area (TPSA) is 104 Å². The number of carbonyl (C=O) groups is 4. The Hall–Kier alpha value is -2.18. The number of hydrogen-bond acceptors (Lipinski definition) is 4. The molecule has 1 saturated carbocycles. The van der Waals surface area contributed by atoms with Crippen molar-refractivity contribution in [2.24, 2.45) is 23.7 Å². The van der Waals surface area contributed by atoms with Gasteiger partial charge in [-0.05, 0) is 18.3 Å². The highest BCUT2D eigenvalue weighted by Crippen LogP contribution is 2.52. The van der Waals surface area contributed by atoms with Crippen molar-refractivity contribution in [1.82, 2.24) is 10.2 Å². The average Bonchev–Trinajstić information content (AvgIpc) is 3.06. The second kappa shape index (κ2) is 4.43. The Morgan fingerprint density at radius 3 is 2.25 bits per heavy atom. The molecule has 0 radical (unpaired) electrons. The van der Waals surface area contributed by atoms with Crippen molar-refractivity contribution in [2.45, 2.75) is 6.42 Å². The highest BCUT2D eigenvalue weighted by molar-refractivity contribution is 6.08. The van der Waals surface area contributed by atoms with Crippen molar-refractivity contribution < 1.29 is 24.3 Å². The fourth-order valence-electron chi connectivity index (χ4n) is 3.49. The van der Waals surface area contributed by atoms with Crippen molar-refractivity contribution >= 4 is 23.7 Å². The molecule has 4 unspecified atom stereocenters. The van der Waals surface area contributed by atoms with E-state index in [9.17, 15) is 19.2 Å². The Balaban J connectivity index is 1.67. The molecule has 106 valence electrons. The summed E-state index contributed by atoms with van der Waals surface area (Å²) in [5, 5.41) is 10.6. The molecule has 2 N–H and O–H groups in total. The lowest BCUT2D eigenvalue weighted by molar-refractivity contribution is -0.144. The molecule has 7 nitrogen and oxygen atoms in total.